The number of fused-ring (bicyclic) bond motifs is 4. The lowest BCUT2D eigenvalue weighted by atomic mass is 9.84. The van der Waals surface area contributed by atoms with E-state index in [9.17, 15) is 5.11 Å². The Labute approximate surface area is 189 Å². The molecule has 3 heterocycles. The summed E-state index contributed by atoms with van der Waals surface area (Å²) in [7, 11) is 0. The Morgan fingerprint density at radius 2 is 1.85 bits per heavy atom. The van der Waals surface area contributed by atoms with Crippen LogP contribution in [0.5, 0.6) is 23.1 Å². The Hall–Kier alpha value is -4.39. The highest BCUT2D eigenvalue weighted by Gasteiger charge is 2.33. The lowest BCUT2D eigenvalue weighted by molar-refractivity contribution is 0.294. The van der Waals surface area contributed by atoms with Gasteiger partial charge in [-0.3, -0.25) is 0 Å². The molecule has 0 fully saturated rings. The summed E-state index contributed by atoms with van der Waals surface area (Å²) in [5.41, 5.74) is 4.55. The van der Waals surface area contributed by atoms with Gasteiger partial charge in [0.15, 0.2) is 11.5 Å². The van der Waals surface area contributed by atoms with Crippen LogP contribution in [0, 0.1) is 6.92 Å². The van der Waals surface area contributed by atoms with Gasteiger partial charge in [-0.25, -0.2) is 14.5 Å². The fraction of sp³-hybridized carbons (Fsp3) is 0.115. The topological polar surface area (TPSA) is 81.8 Å². The number of aryl methyl sites for hydroxylation is 1. The van der Waals surface area contributed by atoms with Crippen LogP contribution < -0.4 is 9.47 Å². The van der Waals surface area contributed by atoms with Crippen molar-refractivity contribution in [3.8, 4) is 23.1 Å². The molecule has 0 amide bonds. The Balaban J connectivity index is 1.46. The molecule has 0 bridgehead atoms. The van der Waals surface area contributed by atoms with Crippen LogP contribution in [0.1, 0.15) is 34.0 Å². The fourth-order valence-electron chi connectivity index (χ4n) is 4.26. The molecule has 7 heteroatoms. The van der Waals surface area contributed by atoms with Crippen molar-refractivity contribution in [3.63, 3.8) is 0 Å². The molecule has 1 unspecified atom stereocenters. The maximum atomic E-state index is 10.00. The molecule has 2 aromatic heterocycles. The normalized spacial score (nSPS) is 14.4. The number of rotatable bonds is 4. The third kappa shape index (κ3) is 3.34. The van der Waals surface area contributed by atoms with Gasteiger partial charge < -0.3 is 14.6 Å². The Morgan fingerprint density at radius 3 is 2.70 bits per heavy atom. The van der Waals surface area contributed by atoms with Crippen molar-refractivity contribution in [2.45, 2.75) is 19.4 Å². The minimum atomic E-state index is -0.170. The Bertz CT molecular complexity index is 1480. The maximum absolute atomic E-state index is 10.00. The number of phenols is 1. The summed E-state index contributed by atoms with van der Waals surface area (Å²) in [6.45, 7) is 2.24. The molecule has 6 rings (SSSR count). The summed E-state index contributed by atoms with van der Waals surface area (Å²) in [5, 5.41) is 14.6. The number of ether oxygens (including phenoxy) is 2. The van der Waals surface area contributed by atoms with E-state index in [1.54, 1.807) is 23.0 Å². The molecule has 1 atom stereocenters. The van der Waals surface area contributed by atoms with Gasteiger partial charge in [0.1, 0.15) is 30.2 Å². The Kier molecular flexibility index (Phi) is 4.47. The van der Waals surface area contributed by atoms with Gasteiger partial charge in [0.05, 0.1) is 5.56 Å². The lowest BCUT2D eigenvalue weighted by Crippen LogP contribution is -2.14. The van der Waals surface area contributed by atoms with Crippen LogP contribution in [0.2, 0.25) is 0 Å². The minimum Gasteiger partial charge on any atom is -0.508 e. The lowest BCUT2D eigenvalue weighted by Gasteiger charge is -2.27. The van der Waals surface area contributed by atoms with Crippen molar-refractivity contribution >= 4 is 5.65 Å². The van der Waals surface area contributed by atoms with E-state index >= 15 is 0 Å². The third-order valence-electron chi connectivity index (χ3n) is 5.82. The van der Waals surface area contributed by atoms with Crippen LogP contribution in [0.25, 0.3) is 5.65 Å². The van der Waals surface area contributed by atoms with Crippen molar-refractivity contribution in [3.05, 3.63) is 107 Å². The van der Waals surface area contributed by atoms with Crippen LogP contribution in [0.4, 0.5) is 0 Å². The molecule has 7 nitrogen and oxygen atoms in total. The number of aromatic nitrogens is 4. The zero-order valence-corrected chi connectivity index (χ0v) is 17.8. The van der Waals surface area contributed by atoms with Crippen molar-refractivity contribution in [2.24, 2.45) is 0 Å². The predicted molar refractivity (Wildman–Crippen MR) is 122 cm³/mol. The largest absolute Gasteiger partial charge is 0.508 e. The van der Waals surface area contributed by atoms with E-state index in [2.05, 4.69) is 22.2 Å². The third-order valence-corrected chi connectivity index (χ3v) is 5.82. The van der Waals surface area contributed by atoms with Gasteiger partial charge in [-0.2, -0.15) is 0 Å². The monoisotopic (exact) mass is 436 g/mol. The zero-order chi connectivity index (χ0) is 22.4. The number of hydrogen-bond acceptors (Lipinski definition) is 6. The van der Waals surface area contributed by atoms with Gasteiger partial charge in [0.25, 0.3) is 0 Å². The number of nitrogens with zero attached hydrogens (tertiary/aromatic N) is 4. The van der Waals surface area contributed by atoms with Crippen LogP contribution >= 0.6 is 0 Å². The minimum absolute atomic E-state index is 0.142. The van der Waals surface area contributed by atoms with E-state index < -0.39 is 0 Å². The molecule has 0 aliphatic carbocycles. The average molecular weight is 436 g/mol. The van der Waals surface area contributed by atoms with E-state index in [-0.39, 0.29) is 18.3 Å². The molecular formula is C26H20N4O3. The zero-order valence-electron chi connectivity index (χ0n) is 17.8. The van der Waals surface area contributed by atoms with Gasteiger partial charge in [-0.05, 0) is 30.2 Å². The first-order valence-corrected chi connectivity index (χ1v) is 10.7. The summed E-state index contributed by atoms with van der Waals surface area (Å²) in [5.74, 6) is 2.36. The van der Waals surface area contributed by atoms with Crippen LogP contribution in [-0.4, -0.2) is 24.7 Å². The van der Waals surface area contributed by atoms with E-state index in [1.165, 1.54) is 0 Å². The first-order valence-electron chi connectivity index (χ1n) is 10.7. The quantitative estimate of drug-likeness (QED) is 0.419. The van der Waals surface area contributed by atoms with E-state index in [0.29, 0.717) is 23.1 Å². The van der Waals surface area contributed by atoms with E-state index in [0.717, 1.165) is 28.0 Å². The molecule has 1 N–H and O–H groups in total. The average Bonchev–Trinajstić information content (AvgIpc) is 3.26. The standard InChI is InChI=1S/C26H20N4O3/c1-16-7-5-6-10-20(16)32-14-22-28-25-24-23(17-8-3-2-4-9-17)19-12-11-18(31)13-21(19)33-26(24)27-15-30(25)29-22/h2-13,15,23,31H,14H2,1H3. The number of phenolic OH excluding ortho intramolecular Hbond substituents is 1. The summed E-state index contributed by atoms with van der Waals surface area (Å²) in [6, 6.07) is 23.1. The number of benzene rings is 3. The molecule has 0 saturated carbocycles. The van der Waals surface area contributed by atoms with Crippen molar-refractivity contribution in [1.82, 2.24) is 19.6 Å². The molecule has 33 heavy (non-hydrogen) atoms. The first kappa shape index (κ1) is 19.3. The molecular weight excluding hydrogens is 416 g/mol. The summed E-state index contributed by atoms with van der Waals surface area (Å²) in [6.07, 6.45) is 1.59. The van der Waals surface area contributed by atoms with Crippen molar-refractivity contribution in [2.75, 3.05) is 0 Å². The van der Waals surface area contributed by atoms with E-state index in [4.69, 9.17) is 14.5 Å². The van der Waals surface area contributed by atoms with Crippen molar-refractivity contribution < 1.29 is 14.6 Å². The molecule has 1 aliphatic heterocycles. The number of hydrogen-bond donors (Lipinski definition) is 1. The Morgan fingerprint density at radius 1 is 1.03 bits per heavy atom. The molecule has 0 spiro atoms. The highest BCUT2D eigenvalue weighted by atomic mass is 16.5. The fourth-order valence-corrected chi connectivity index (χ4v) is 4.26. The first-order chi connectivity index (χ1) is 16.2. The van der Waals surface area contributed by atoms with Gasteiger partial charge in [-0.1, -0.05) is 54.6 Å². The summed E-state index contributed by atoms with van der Waals surface area (Å²) < 4.78 is 13.7. The molecule has 162 valence electrons. The van der Waals surface area contributed by atoms with Gasteiger partial charge >= 0.3 is 0 Å². The van der Waals surface area contributed by atoms with Crippen molar-refractivity contribution in [1.29, 1.82) is 0 Å². The molecule has 0 saturated heterocycles. The smallest absolute Gasteiger partial charge is 0.228 e. The number of para-hydroxylation sites is 1. The van der Waals surface area contributed by atoms with E-state index in [1.807, 2.05) is 55.5 Å². The van der Waals surface area contributed by atoms with Crippen LogP contribution in [0.15, 0.2) is 79.1 Å². The summed E-state index contributed by atoms with van der Waals surface area (Å²) >= 11 is 0. The second-order valence-electron chi connectivity index (χ2n) is 7.98. The van der Waals surface area contributed by atoms with Gasteiger partial charge in [0, 0.05) is 17.5 Å². The second kappa shape index (κ2) is 7.63. The summed E-state index contributed by atoms with van der Waals surface area (Å²) in [4.78, 5) is 9.31. The van der Waals surface area contributed by atoms with Crippen LogP contribution in [0.3, 0.4) is 0 Å². The predicted octanol–water partition coefficient (Wildman–Crippen LogP) is 5.00. The number of aromatic hydroxyl groups is 1. The second-order valence-corrected chi connectivity index (χ2v) is 7.98. The molecule has 3 aromatic carbocycles. The van der Waals surface area contributed by atoms with Gasteiger partial charge in [-0.15, -0.1) is 5.10 Å². The SMILES string of the molecule is Cc1ccccc1OCc1nc2c3c(ncn2n1)Oc1cc(O)ccc1C3c1ccccc1. The molecule has 0 radical (unpaired) electrons. The highest BCUT2D eigenvalue weighted by Crippen LogP contribution is 2.48. The molecule has 5 aromatic rings. The van der Waals surface area contributed by atoms with Crippen LogP contribution in [-0.2, 0) is 6.61 Å². The maximum Gasteiger partial charge on any atom is 0.228 e. The highest BCUT2D eigenvalue weighted by molar-refractivity contribution is 5.66. The van der Waals surface area contributed by atoms with Gasteiger partial charge in [0.2, 0.25) is 5.88 Å². The molecule has 1 aliphatic rings.